The summed E-state index contributed by atoms with van der Waals surface area (Å²) < 4.78 is 0. The van der Waals surface area contributed by atoms with E-state index in [0.29, 0.717) is 0 Å². The van der Waals surface area contributed by atoms with Crippen molar-refractivity contribution in [1.82, 2.24) is 14.9 Å². The van der Waals surface area contributed by atoms with E-state index in [1.54, 1.807) is 0 Å². The van der Waals surface area contributed by atoms with Crippen LogP contribution in [0.2, 0.25) is 0 Å². The molecule has 0 aromatic carbocycles. The second-order valence-electron chi connectivity index (χ2n) is 7.08. The first kappa shape index (κ1) is 16.3. The van der Waals surface area contributed by atoms with Gasteiger partial charge in [-0.2, -0.15) is 0 Å². The Morgan fingerprint density at radius 2 is 2.05 bits per heavy atom. The van der Waals surface area contributed by atoms with Gasteiger partial charge in [0.05, 0.1) is 0 Å². The van der Waals surface area contributed by atoms with Crippen LogP contribution in [0.5, 0.6) is 0 Å². The van der Waals surface area contributed by atoms with Gasteiger partial charge in [0.15, 0.2) is 5.16 Å². The van der Waals surface area contributed by atoms with E-state index >= 15 is 0 Å². The predicted octanol–water partition coefficient (Wildman–Crippen LogP) is 3.95. The first-order valence-electron chi connectivity index (χ1n) is 8.92. The van der Waals surface area contributed by atoms with Crippen LogP contribution in [0, 0.1) is 18.8 Å². The van der Waals surface area contributed by atoms with Gasteiger partial charge in [-0.25, -0.2) is 9.97 Å². The molecule has 3 fully saturated rings. The van der Waals surface area contributed by atoms with Crippen LogP contribution < -0.4 is 0 Å². The van der Waals surface area contributed by atoms with Gasteiger partial charge in [-0.15, -0.1) is 0 Å². The number of aromatic nitrogens is 2. The van der Waals surface area contributed by atoms with Crippen molar-refractivity contribution in [3.63, 3.8) is 0 Å². The lowest BCUT2D eigenvalue weighted by Gasteiger charge is -2.48. The molecule has 1 unspecified atom stereocenters. The second-order valence-corrected chi connectivity index (χ2v) is 8.14. The fourth-order valence-corrected chi connectivity index (χ4v) is 4.72. The summed E-state index contributed by atoms with van der Waals surface area (Å²) >= 11 is 1.84. The second kappa shape index (κ2) is 7.78. The minimum atomic E-state index is 0.809. The summed E-state index contributed by atoms with van der Waals surface area (Å²) in [5, 5.41) is 0.993. The van der Waals surface area contributed by atoms with Gasteiger partial charge in [0.1, 0.15) is 0 Å². The fraction of sp³-hybridized carbons (Fsp3) is 0.778. The third kappa shape index (κ3) is 4.45. The maximum Gasteiger partial charge on any atom is 0.187 e. The molecule has 4 heteroatoms. The van der Waals surface area contributed by atoms with Crippen LogP contribution in [0.25, 0.3) is 0 Å². The van der Waals surface area contributed by atoms with Gasteiger partial charge in [-0.3, -0.25) is 0 Å². The fourth-order valence-electron chi connectivity index (χ4n) is 3.80. The first-order chi connectivity index (χ1) is 10.7. The molecule has 1 atom stereocenters. The molecule has 1 aromatic rings. The molecule has 0 spiro atoms. The number of rotatable bonds is 8. The van der Waals surface area contributed by atoms with Gasteiger partial charge < -0.3 is 4.90 Å². The number of unbranched alkanes of at least 4 members (excludes halogenated alkanes) is 3. The molecular formula is C18H29N3S. The minimum Gasteiger partial charge on any atom is -0.302 e. The van der Waals surface area contributed by atoms with Crippen LogP contribution in [0.1, 0.15) is 50.4 Å². The van der Waals surface area contributed by atoms with Crippen LogP contribution in [0.3, 0.4) is 0 Å². The summed E-state index contributed by atoms with van der Waals surface area (Å²) in [5.74, 6) is 2.93. The standard InChI is InChI=1S/C18H29N3S/c1-3-4-5-6-7-22-18-19-14(2)8-17(20-18)10-15-9-16-12-21(11-15)13-16/h8,15-16H,3-7,9-13H2,1-2H3. The average Bonchev–Trinajstić information content (AvgIpc) is 2.45. The maximum absolute atomic E-state index is 4.82. The SMILES string of the molecule is CCCCCCSc1nc(C)cc(CC2CC3CN(C2)C3)n1. The van der Waals surface area contributed by atoms with Gasteiger partial charge in [0.2, 0.25) is 0 Å². The van der Waals surface area contributed by atoms with Gasteiger partial charge in [0, 0.05) is 36.8 Å². The van der Waals surface area contributed by atoms with E-state index < -0.39 is 0 Å². The number of aryl methyl sites for hydroxylation is 1. The highest BCUT2D eigenvalue weighted by atomic mass is 32.2. The zero-order valence-electron chi connectivity index (χ0n) is 14.1. The van der Waals surface area contributed by atoms with Crippen molar-refractivity contribution >= 4 is 11.8 Å². The molecule has 1 aromatic heterocycles. The number of hydrogen-bond donors (Lipinski definition) is 0. The van der Waals surface area contributed by atoms with Gasteiger partial charge >= 0.3 is 0 Å². The Morgan fingerprint density at radius 1 is 1.18 bits per heavy atom. The van der Waals surface area contributed by atoms with Crippen LogP contribution >= 0.6 is 11.8 Å². The van der Waals surface area contributed by atoms with Crippen molar-refractivity contribution in [1.29, 1.82) is 0 Å². The van der Waals surface area contributed by atoms with E-state index in [1.165, 1.54) is 57.4 Å². The van der Waals surface area contributed by atoms with E-state index in [-0.39, 0.29) is 0 Å². The summed E-state index contributed by atoms with van der Waals surface area (Å²) in [6.45, 7) is 8.33. The van der Waals surface area contributed by atoms with Crippen molar-refractivity contribution in [3.8, 4) is 0 Å². The highest BCUT2D eigenvalue weighted by Gasteiger charge is 2.36. The molecule has 4 heterocycles. The highest BCUT2D eigenvalue weighted by molar-refractivity contribution is 7.99. The molecule has 0 aliphatic carbocycles. The molecule has 3 nitrogen and oxygen atoms in total. The van der Waals surface area contributed by atoms with E-state index in [9.17, 15) is 0 Å². The zero-order valence-corrected chi connectivity index (χ0v) is 14.9. The first-order valence-corrected chi connectivity index (χ1v) is 9.91. The van der Waals surface area contributed by atoms with Crippen molar-refractivity contribution < 1.29 is 0 Å². The van der Waals surface area contributed by atoms with Gasteiger partial charge in [-0.05, 0) is 44.1 Å². The summed E-state index contributed by atoms with van der Waals surface area (Å²) in [5.41, 5.74) is 2.39. The molecular weight excluding hydrogens is 290 g/mol. The Bertz CT molecular complexity index is 475. The normalized spacial score (nSPS) is 26.7. The Labute approximate surface area is 139 Å². The number of piperidine rings is 2. The number of nitrogens with zero attached hydrogens (tertiary/aromatic N) is 3. The largest absolute Gasteiger partial charge is 0.302 e. The van der Waals surface area contributed by atoms with E-state index in [1.807, 2.05) is 11.8 Å². The summed E-state index contributed by atoms with van der Waals surface area (Å²) in [6.07, 6.45) is 7.81. The molecule has 122 valence electrons. The molecule has 3 saturated heterocycles. The maximum atomic E-state index is 4.82. The quantitative estimate of drug-likeness (QED) is 0.412. The Kier molecular flexibility index (Phi) is 5.75. The molecule has 0 amide bonds. The number of hydrogen-bond acceptors (Lipinski definition) is 4. The van der Waals surface area contributed by atoms with Gasteiger partial charge in [0.25, 0.3) is 0 Å². The predicted molar refractivity (Wildman–Crippen MR) is 93.4 cm³/mol. The van der Waals surface area contributed by atoms with E-state index in [0.717, 1.165) is 34.9 Å². The Hall–Kier alpha value is -0.610. The van der Waals surface area contributed by atoms with Crippen molar-refractivity contribution in [2.45, 2.75) is 57.5 Å². The summed E-state index contributed by atoms with van der Waals surface area (Å²) in [4.78, 5) is 12.0. The molecule has 0 radical (unpaired) electrons. The molecule has 3 aliphatic heterocycles. The van der Waals surface area contributed by atoms with Crippen LogP contribution in [-0.4, -0.2) is 40.3 Å². The molecule has 2 bridgehead atoms. The molecule has 22 heavy (non-hydrogen) atoms. The third-order valence-corrected chi connectivity index (χ3v) is 5.76. The number of thioether (sulfide) groups is 1. The third-order valence-electron chi connectivity index (χ3n) is 4.83. The Balaban J connectivity index is 1.51. The molecule has 0 N–H and O–H groups in total. The van der Waals surface area contributed by atoms with Crippen molar-refractivity contribution in [3.05, 3.63) is 17.5 Å². The Morgan fingerprint density at radius 3 is 2.77 bits per heavy atom. The smallest absolute Gasteiger partial charge is 0.187 e. The monoisotopic (exact) mass is 319 g/mol. The lowest BCUT2D eigenvalue weighted by Crippen LogP contribution is -2.54. The van der Waals surface area contributed by atoms with Gasteiger partial charge in [-0.1, -0.05) is 37.9 Å². The summed E-state index contributed by atoms with van der Waals surface area (Å²) in [6, 6.07) is 2.19. The van der Waals surface area contributed by atoms with Crippen LogP contribution in [-0.2, 0) is 6.42 Å². The number of fused-ring (bicyclic) bond motifs is 2. The van der Waals surface area contributed by atoms with E-state index in [2.05, 4.69) is 29.8 Å². The lowest BCUT2D eigenvalue weighted by molar-refractivity contribution is 0.0102. The zero-order chi connectivity index (χ0) is 15.4. The lowest BCUT2D eigenvalue weighted by atomic mass is 9.80. The highest BCUT2D eigenvalue weighted by Crippen LogP contribution is 2.32. The van der Waals surface area contributed by atoms with Crippen LogP contribution in [0.4, 0.5) is 0 Å². The minimum absolute atomic E-state index is 0.809. The topological polar surface area (TPSA) is 29.0 Å². The average molecular weight is 320 g/mol. The summed E-state index contributed by atoms with van der Waals surface area (Å²) in [7, 11) is 0. The molecule has 0 saturated carbocycles. The van der Waals surface area contributed by atoms with Crippen molar-refractivity contribution in [2.75, 3.05) is 25.4 Å². The molecule has 4 rings (SSSR count). The van der Waals surface area contributed by atoms with E-state index in [4.69, 9.17) is 4.98 Å². The molecule has 3 aliphatic rings. The van der Waals surface area contributed by atoms with Crippen LogP contribution in [0.15, 0.2) is 11.2 Å². The van der Waals surface area contributed by atoms with Crippen molar-refractivity contribution in [2.24, 2.45) is 11.8 Å².